The molecule has 0 aliphatic heterocycles. The van der Waals surface area contributed by atoms with E-state index < -0.39 is 16.0 Å². The number of aryl methyl sites for hydroxylation is 1. The molecule has 0 heterocycles. The van der Waals surface area contributed by atoms with Crippen molar-refractivity contribution in [2.45, 2.75) is 24.7 Å². The molecule has 2 rings (SSSR count). The average Bonchev–Trinajstić information content (AvgIpc) is 2.52. The Morgan fingerprint density at radius 3 is 2.39 bits per heavy atom. The molecule has 0 spiro atoms. The standard InChI is InChI=1S/C17H19NO4S/c1-13-12-15(14-6-3-2-4-7-14)9-10-16(13)23(20,21)22-11-5-8-17(18)19/h2-4,6-7,9-10,12H,5,8,11H2,1H3,(H2,18,19). The van der Waals surface area contributed by atoms with Crippen molar-refractivity contribution >= 4 is 16.0 Å². The largest absolute Gasteiger partial charge is 0.370 e. The zero-order valence-electron chi connectivity index (χ0n) is 12.9. The Morgan fingerprint density at radius 2 is 1.78 bits per heavy atom. The van der Waals surface area contributed by atoms with Crippen molar-refractivity contribution in [1.29, 1.82) is 0 Å². The van der Waals surface area contributed by atoms with Crippen LogP contribution < -0.4 is 5.73 Å². The Bertz CT molecular complexity index is 785. The minimum atomic E-state index is -3.84. The highest BCUT2D eigenvalue weighted by Crippen LogP contribution is 2.25. The van der Waals surface area contributed by atoms with E-state index in [1.807, 2.05) is 36.4 Å². The predicted molar refractivity (Wildman–Crippen MR) is 88.2 cm³/mol. The highest BCUT2D eigenvalue weighted by molar-refractivity contribution is 7.86. The topological polar surface area (TPSA) is 86.5 Å². The molecule has 0 unspecified atom stereocenters. The van der Waals surface area contributed by atoms with Crippen LogP contribution >= 0.6 is 0 Å². The Labute approximate surface area is 136 Å². The molecule has 0 bridgehead atoms. The normalized spacial score (nSPS) is 11.3. The van der Waals surface area contributed by atoms with Crippen LogP contribution in [0.3, 0.4) is 0 Å². The zero-order chi connectivity index (χ0) is 16.9. The summed E-state index contributed by atoms with van der Waals surface area (Å²) in [5.74, 6) is -0.477. The van der Waals surface area contributed by atoms with Crippen LogP contribution in [0.4, 0.5) is 0 Å². The van der Waals surface area contributed by atoms with Crippen molar-refractivity contribution < 1.29 is 17.4 Å². The average molecular weight is 333 g/mol. The van der Waals surface area contributed by atoms with Gasteiger partial charge in [-0.05, 0) is 36.1 Å². The first-order chi connectivity index (χ1) is 10.9. The lowest BCUT2D eigenvalue weighted by Gasteiger charge is -2.10. The fourth-order valence-electron chi connectivity index (χ4n) is 2.22. The lowest BCUT2D eigenvalue weighted by atomic mass is 10.0. The molecule has 0 aliphatic carbocycles. The highest BCUT2D eigenvalue weighted by atomic mass is 32.2. The first-order valence-corrected chi connectivity index (χ1v) is 8.65. The third-order valence-corrected chi connectivity index (χ3v) is 4.83. The lowest BCUT2D eigenvalue weighted by Crippen LogP contribution is -2.13. The first-order valence-electron chi connectivity index (χ1n) is 7.24. The van der Waals surface area contributed by atoms with Gasteiger partial charge in [-0.2, -0.15) is 8.42 Å². The van der Waals surface area contributed by atoms with Crippen LogP contribution in [0.1, 0.15) is 18.4 Å². The summed E-state index contributed by atoms with van der Waals surface area (Å²) >= 11 is 0. The second kappa shape index (κ2) is 7.39. The molecule has 23 heavy (non-hydrogen) atoms. The number of nitrogens with two attached hydrogens (primary N) is 1. The summed E-state index contributed by atoms with van der Waals surface area (Å²) in [6, 6.07) is 14.8. The number of amides is 1. The van der Waals surface area contributed by atoms with Crippen LogP contribution in [0.25, 0.3) is 11.1 Å². The minimum absolute atomic E-state index is 0.0643. The Balaban J connectivity index is 2.15. The van der Waals surface area contributed by atoms with E-state index in [9.17, 15) is 13.2 Å². The smallest absolute Gasteiger partial charge is 0.297 e. The van der Waals surface area contributed by atoms with Gasteiger partial charge in [0, 0.05) is 6.42 Å². The maximum Gasteiger partial charge on any atom is 0.297 e. The molecule has 5 nitrogen and oxygen atoms in total. The first kappa shape index (κ1) is 17.2. The van der Waals surface area contributed by atoms with Crippen LogP contribution in [-0.4, -0.2) is 20.9 Å². The van der Waals surface area contributed by atoms with Crippen molar-refractivity contribution in [3.63, 3.8) is 0 Å². The Morgan fingerprint density at radius 1 is 1.09 bits per heavy atom. The number of carbonyl (C=O) groups excluding carboxylic acids is 1. The van der Waals surface area contributed by atoms with Gasteiger partial charge in [0.05, 0.1) is 11.5 Å². The van der Waals surface area contributed by atoms with E-state index >= 15 is 0 Å². The third-order valence-electron chi connectivity index (χ3n) is 3.36. The molecule has 1 amide bonds. The molecular formula is C17H19NO4S. The third kappa shape index (κ3) is 4.64. The summed E-state index contributed by atoms with van der Waals surface area (Å²) in [7, 11) is -3.84. The van der Waals surface area contributed by atoms with E-state index in [0.717, 1.165) is 11.1 Å². The van der Waals surface area contributed by atoms with E-state index in [4.69, 9.17) is 9.92 Å². The Hall–Kier alpha value is -2.18. The molecule has 0 atom stereocenters. The molecule has 0 aliphatic rings. The fraction of sp³-hybridized carbons (Fsp3) is 0.235. The van der Waals surface area contributed by atoms with Gasteiger partial charge in [-0.3, -0.25) is 8.98 Å². The molecule has 2 N–H and O–H groups in total. The summed E-state index contributed by atoms with van der Waals surface area (Å²) in [5.41, 5.74) is 7.57. The summed E-state index contributed by atoms with van der Waals surface area (Å²) < 4.78 is 29.4. The van der Waals surface area contributed by atoms with Gasteiger partial charge in [0.1, 0.15) is 0 Å². The molecule has 0 radical (unpaired) electrons. The van der Waals surface area contributed by atoms with Crippen LogP contribution in [0, 0.1) is 6.92 Å². The molecule has 2 aromatic carbocycles. The van der Waals surface area contributed by atoms with Gasteiger partial charge in [-0.1, -0.05) is 42.5 Å². The van der Waals surface area contributed by atoms with E-state index in [2.05, 4.69) is 0 Å². The van der Waals surface area contributed by atoms with Gasteiger partial charge in [-0.25, -0.2) is 0 Å². The van der Waals surface area contributed by atoms with Crippen LogP contribution in [0.15, 0.2) is 53.4 Å². The van der Waals surface area contributed by atoms with E-state index in [1.54, 1.807) is 19.1 Å². The second-order valence-corrected chi connectivity index (χ2v) is 6.78. The van der Waals surface area contributed by atoms with Crippen LogP contribution in [0.2, 0.25) is 0 Å². The molecule has 122 valence electrons. The molecule has 0 saturated carbocycles. The van der Waals surface area contributed by atoms with Crippen molar-refractivity contribution in [1.82, 2.24) is 0 Å². The molecule has 0 saturated heterocycles. The molecule has 0 fully saturated rings. The summed E-state index contributed by atoms with van der Waals surface area (Å²) in [6.45, 7) is 1.66. The van der Waals surface area contributed by atoms with Gasteiger partial charge in [0.15, 0.2) is 0 Å². The van der Waals surface area contributed by atoms with E-state index in [1.165, 1.54) is 0 Å². The quantitative estimate of drug-likeness (QED) is 0.623. The van der Waals surface area contributed by atoms with E-state index in [0.29, 0.717) is 5.56 Å². The van der Waals surface area contributed by atoms with Gasteiger partial charge >= 0.3 is 0 Å². The summed E-state index contributed by atoms with van der Waals surface area (Å²) in [4.78, 5) is 10.8. The highest BCUT2D eigenvalue weighted by Gasteiger charge is 2.18. The van der Waals surface area contributed by atoms with Gasteiger partial charge < -0.3 is 5.73 Å². The fourth-order valence-corrected chi connectivity index (χ4v) is 3.37. The van der Waals surface area contributed by atoms with Gasteiger partial charge in [-0.15, -0.1) is 0 Å². The number of benzene rings is 2. The Kier molecular flexibility index (Phi) is 5.52. The number of carbonyl (C=O) groups is 1. The lowest BCUT2D eigenvalue weighted by molar-refractivity contribution is -0.118. The maximum absolute atomic E-state index is 12.2. The van der Waals surface area contributed by atoms with E-state index in [-0.39, 0.29) is 24.3 Å². The monoisotopic (exact) mass is 333 g/mol. The summed E-state index contributed by atoms with van der Waals surface area (Å²) in [5, 5.41) is 0. The van der Waals surface area contributed by atoms with Crippen molar-refractivity contribution in [3.8, 4) is 11.1 Å². The van der Waals surface area contributed by atoms with Crippen molar-refractivity contribution in [2.75, 3.05) is 6.61 Å². The molecule has 2 aromatic rings. The zero-order valence-corrected chi connectivity index (χ0v) is 13.7. The predicted octanol–water partition coefficient (Wildman–Crippen LogP) is 2.63. The van der Waals surface area contributed by atoms with Crippen molar-refractivity contribution in [2.24, 2.45) is 5.73 Å². The second-order valence-electron chi connectivity index (χ2n) is 5.19. The number of rotatable bonds is 7. The number of hydrogen-bond donors (Lipinski definition) is 1. The van der Waals surface area contributed by atoms with Crippen molar-refractivity contribution in [3.05, 3.63) is 54.1 Å². The molecular weight excluding hydrogens is 314 g/mol. The summed E-state index contributed by atoms with van der Waals surface area (Å²) in [6.07, 6.45) is 0.372. The number of hydrogen-bond acceptors (Lipinski definition) is 4. The number of primary amides is 1. The van der Waals surface area contributed by atoms with Crippen LogP contribution in [0.5, 0.6) is 0 Å². The SMILES string of the molecule is Cc1cc(-c2ccccc2)ccc1S(=O)(=O)OCCCC(N)=O. The molecule has 6 heteroatoms. The minimum Gasteiger partial charge on any atom is -0.370 e. The molecule has 0 aromatic heterocycles. The maximum atomic E-state index is 12.2. The van der Waals surface area contributed by atoms with Gasteiger partial charge in [0.2, 0.25) is 5.91 Å². The van der Waals surface area contributed by atoms with Gasteiger partial charge in [0.25, 0.3) is 10.1 Å². The van der Waals surface area contributed by atoms with Crippen LogP contribution in [-0.2, 0) is 19.1 Å².